The Labute approximate surface area is 201 Å². The molecule has 0 radical (unpaired) electrons. The molecule has 0 aliphatic carbocycles. The number of hydrogen-bond donors (Lipinski definition) is 3. The van der Waals surface area contributed by atoms with Gasteiger partial charge in [-0.2, -0.15) is 0 Å². The van der Waals surface area contributed by atoms with Crippen LogP contribution in [0.2, 0.25) is 0 Å². The summed E-state index contributed by atoms with van der Waals surface area (Å²) in [5.74, 6) is -1.15. The van der Waals surface area contributed by atoms with Crippen molar-refractivity contribution in [2.75, 3.05) is 7.05 Å². The first-order valence-electron chi connectivity index (χ1n) is 11.3. The van der Waals surface area contributed by atoms with E-state index in [4.69, 9.17) is 4.74 Å². The minimum absolute atomic E-state index is 0.0218. The number of rotatable bonds is 8. The number of hydrogen-bond acceptors (Lipinski definition) is 5. The van der Waals surface area contributed by atoms with Crippen molar-refractivity contribution in [1.29, 1.82) is 0 Å². The summed E-state index contributed by atoms with van der Waals surface area (Å²) in [6.45, 7) is 9.08. The summed E-state index contributed by atoms with van der Waals surface area (Å²) < 4.78 is 5.31. The number of benzene rings is 2. The van der Waals surface area contributed by atoms with Crippen molar-refractivity contribution in [2.24, 2.45) is 5.92 Å². The molecule has 8 heteroatoms. The predicted octanol–water partition coefficient (Wildman–Crippen LogP) is 3.76. The second-order valence-corrected chi connectivity index (χ2v) is 9.52. The summed E-state index contributed by atoms with van der Waals surface area (Å²) in [7, 11) is 1.51. The molecule has 2 aromatic carbocycles. The number of amides is 3. The van der Waals surface area contributed by atoms with Crippen LogP contribution in [0.15, 0.2) is 54.6 Å². The molecule has 184 valence electrons. The Morgan fingerprint density at radius 1 is 1.03 bits per heavy atom. The zero-order chi connectivity index (χ0) is 25.5. The quantitative estimate of drug-likeness (QED) is 0.546. The molecule has 0 heterocycles. The molecule has 0 aliphatic heterocycles. The molecule has 2 rings (SSSR count). The van der Waals surface area contributed by atoms with Crippen LogP contribution in [0, 0.1) is 5.92 Å². The summed E-state index contributed by atoms with van der Waals surface area (Å²) in [6, 6.07) is 13.7. The van der Waals surface area contributed by atoms with Gasteiger partial charge in [0.25, 0.3) is 0 Å². The van der Waals surface area contributed by atoms with E-state index in [0.717, 1.165) is 5.56 Å². The van der Waals surface area contributed by atoms with Crippen molar-refractivity contribution in [3.63, 3.8) is 0 Å². The van der Waals surface area contributed by atoms with Crippen LogP contribution >= 0.6 is 0 Å². The number of phenolic OH excluding ortho intramolecular Hbond substituents is 1. The van der Waals surface area contributed by atoms with Gasteiger partial charge in [0.2, 0.25) is 11.8 Å². The number of alkyl carbamates (subject to hydrolysis) is 1. The van der Waals surface area contributed by atoms with Crippen LogP contribution < -0.4 is 10.6 Å². The first-order valence-corrected chi connectivity index (χ1v) is 11.3. The Kier molecular flexibility index (Phi) is 9.06. The number of phenols is 1. The van der Waals surface area contributed by atoms with E-state index in [1.54, 1.807) is 46.8 Å². The van der Waals surface area contributed by atoms with E-state index in [2.05, 4.69) is 10.6 Å². The van der Waals surface area contributed by atoms with Gasteiger partial charge in [-0.05, 0) is 49.9 Å². The summed E-state index contributed by atoms with van der Waals surface area (Å²) in [5.41, 5.74) is 0.634. The second kappa shape index (κ2) is 11.5. The molecule has 3 amide bonds. The van der Waals surface area contributed by atoms with E-state index >= 15 is 0 Å². The van der Waals surface area contributed by atoms with Crippen LogP contribution in [0.25, 0.3) is 0 Å². The van der Waals surface area contributed by atoms with Crippen LogP contribution in [-0.4, -0.2) is 46.6 Å². The van der Waals surface area contributed by atoms with Crippen molar-refractivity contribution in [2.45, 2.75) is 58.8 Å². The normalized spacial score (nSPS) is 13.0. The van der Waals surface area contributed by atoms with Gasteiger partial charge >= 0.3 is 6.09 Å². The lowest BCUT2D eigenvalue weighted by molar-refractivity contribution is -0.141. The Hall–Kier alpha value is -3.55. The number of carbonyl (C=O) groups excluding carboxylic acids is 3. The van der Waals surface area contributed by atoms with Gasteiger partial charge in [-0.1, -0.05) is 56.3 Å². The Bertz CT molecular complexity index is 985. The Balaban J connectivity index is 2.29. The van der Waals surface area contributed by atoms with Gasteiger partial charge in [0.05, 0.1) is 0 Å². The summed E-state index contributed by atoms with van der Waals surface area (Å²) in [5, 5.41) is 15.5. The van der Waals surface area contributed by atoms with Crippen molar-refractivity contribution in [3.8, 4) is 5.75 Å². The number of aromatic hydroxyl groups is 1. The molecular weight excluding hydrogens is 434 g/mol. The average molecular weight is 470 g/mol. The largest absolute Gasteiger partial charge is 0.508 e. The highest BCUT2D eigenvalue weighted by molar-refractivity contribution is 5.92. The van der Waals surface area contributed by atoms with E-state index in [0.29, 0.717) is 5.56 Å². The monoisotopic (exact) mass is 469 g/mol. The van der Waals surface area contributed by atoms with Gasteiger partial charge in [0, 0.05) is 13.6 Å². The number of ether oxygens (including phenoxy) is 1. The molecule has 0 bridgehead atoms. The maximum absolute atomic E-state index is 13.5. The number of nitrogens with one attached hydrogen (secondary N) is 2. The number of likely N-dealkylation sites (N-methyl/N-ethyl adjacent to an activating group) is 1. The highest BCUT2D eigenvalue weighted by atomic mass is 16.6. The molecule has 2 aromatic rings. The predicted molar refractivity (Wildman–Crippen MR) is 130 cm³/mol. The minimum Gasteiger partial charge on any atom is -0.508 e. The molecule has 0 aliphatic rings. The minimum atomic E-state index is -1.02. The summed E-state index contributed by atoms with van der Waals surface area (Å²) in [4.78, 5) is 40.4. The zero-order valence-corrected chi connectivity index (χ0v) is 20.7. The third kappa shape index (κ3) is 7.79. The maximum atomic E-state index is 13.5. The highest BCUT2D eigenvalue weighted by Crippen LogP contribution is 2.25. The van der Waals surface area contributed by atoms with Crippen molar-refractivity contribution >= 4 is 17.9 Å². The molecule has 0 spiro atoms. The van der Waals surface area contributed by atoms with Gasteiger partial charge in [0.1, 0.15) is 23.4 Å². The van der Waals surface area contributed by atoms with E-state index in [1.807, 2.05) is 30.3 Å². The smallest absolute Gasteiger partial charge is 0.408 e. The van der Waals surface area contributed by atoms with E-state index in [9.17, 15) is 19.5 Å². The summed E-state index contributed by atoms with van der Waals surface area (Å²) in [6.07, 6.45) is -0.713. The van der Waals surface area contributed by atoms with E-state index < -0.39 is 35.6 Å². The lowest BCUT2D eigenvalue weighted by Crippen LogP contribution is -2.53. The molecule has 2 unspecified atom stereocenters. The second-order valence-electron chi connectivity index (χ2n) is 9.52. The van der Waals surface area contributed by atoms with Crippen molar-refractivity contribution in [1.82, 2.24) is 15.5 Å². The van der Waals surface area contributed by atoms with Crippen LogP contribution in [-0.2, 0) is 20.9 Å². The SMILES string of the molecule is CC(C)C(NC(=O)OC(C)(C)C)C(=O)N(C)C(C(=O)NCc1ccccc1)c1cccc(O)c1. The van der Waals surface area contributed by atoms with Crippen LogP contribution in [0.4, 0.5) is 4.79 Å². The fraction of sp³-hybridized carbons (Fsp3) is 0.423. The van der Waals surface area contributed by atoms with E-state index in [-0.39, 0.29) is 18.2 Å². The molecule has 0 saturated carbocycles. The van der Waals surface area contributed by atoms with E-state index in [1.165, 1.54) is 24.1 Å². The molecular formula is C26H35N3O5. The van der Waals surface area contributed by atoms with Gasteiger partial charge in [-0.3, -0.25) is 9.59 Å². The highest BCUT2D eigenvalue weighted by Gasteiger charge is 2.35. The lowest BCUT2D eigenvalue weighted by atomic mass is 9.99. The first kappa shape index (κ1) is 26.7. The number of nitrogens with zero attached hydrogens (tertiary/aromatic N) is 1. The molecule has 3 N–H and O–H groups in total. The third-order valence-corrected chi connectivity index (χ3v) is 5.08. The molecule has 0 fully saturated rings. The summed E-state index contributed by atoms with van der Waals surface area (Å²) >= 11 is 0. The fourth-order valence-corrected chi connectivity index (χ4v) is 3.42. The number of carbonyl (C=O) groups is 3. The third-order valence-electron chi connectivity index (χ3n) is 5.08. The standard InChI is InChI=1S/C26H35N3O5/c1-17(2)21(28-25(33)34-26(3,4)5)24(32)29(6)22(19-13-10-14-20(30)15-19)23(31)27-16-18-11-8-7-9-12-18/h7-15,17,21-22,30H,16H2,1-6H3,(H,27,31)(H,28,33). The molecule has 2 atom stereocenters. The fourth-order valence-electron chi connectivity index (χ4n) is 3.42. The molecule has 34 heavy (non-hydrogen) atoms. The lowest BCUT2D eigenvalue weighted by Gasteiger charge is -2.33. The molecule has 8 nitrogen and oxygen atoms in total. The van der Waals surface area contributed by atoms with Gasteiger partial charge in [-0.15, -0.1) is 0 Å². The van der Waals surface area contributed by atoms with Crippen molar-refractivity contribution in [3.05, 3.63) is 65.7 Å². The maximum Gasteiger partial charge on any atom is 0.408 e. The van der Waals surface area contributed by atoms with Gasteiger partial charge < -0.3 is 25.4 Å². The average Bonchev–Trinajstić information content (AvgIpc) is 2.75. The van der Waals surface area contributed by atoms with Crippen LogP contribution in [0.5, 0.6) is 5.75 Å². The Morgan fingerprint density at radius 3 is 2.24 bits per heavy atom. The Morgan fingerprint density at radius 2 is 1.68 bits per heavy atom. The van der Waals surface area contributed by atoms with Gasteiger partial charge in [-0.25, -0.2) is 4.79 Å². The van der Waals surface area contributed by atoms with Crippen molar-refractivity contribution < 1.29 is 24.2 Å². The molecule has 0 aromatic heterocycles. The van der Waals surface area contributed by atoms with Crippen LogP contribution in [0.3, 0.4) is 0 Å². The topological polar surface area (TPSA) is 108 Å². The zero-order valence-electron chi connectivity index (χ0n) is 20.7. The van der Waals surface area contributed by atoms with Crippen LogP contribution in [0.1, 0.15) is 51.8 Å². The first-order chi connectivity index (χ1) is 15.9. The molecule has 0 saturated heterocycles. The van der Waals surface area contributed by atoms with Gasteiger partial charge in [0.15, 0.2) is 0 Å².